The van der Waals surface area contributed by atoms with E-state index in [1.54, 1.807) is 7.11 Å². The van der Waals surface area contributed by atoms with Gasteiger partial charge in [0.25, 0.3) is 0 Å². The largest absolute Gasteiger partial charge is 0.497 e. The zero-order valence-corrected chi connectivity index (χ0v) is 12.1. The van der Waals surface area contributed by atoms with Gasteiger partial charge in [0, 0.05) is 30.9 Å². The zero-order valence-electron chi connectivity index (χ0n) is 12.1. The van der Waals surface area contributed by atoms with Crippen molar-refractivity contribution in [3.8, 4) is 5.75 Å². The van der Waals surface area contributed by atoms with Gasteiger partial charge < -0.3 is 15.8 Å². The van der Waals surface area contributed by atoms with Gasteiger partial charge in [-0.2, -0.15) is 0 Å². The first kappa shape index (κ1) is 14.8. The summed E-state index contributed by atoms with van der Waals surface area (Å²) in [6.07, 6.45) is 0.952. The first-order valence-electron chi connectivity index (χ1n) is 7.00. The third-order valence-corrected chi connectivity index (χ3v) is 3.78. The molecule has 1 aliphatic rings. The molecule has 0 saturated carbocycles. The third-order valence-electron chi connectivity index (χ3n) is 3.78. The van der Waals surface area contributed by atoms with Crippen LogP contribution in [0.3, 0.4) is 0 Å². The summed E-state index contributed by atoms with van der Waals surface area (Å²) < 4.78 is 5.14. The van der Waals surface area contributed by atoms with Crippen molar-refractivity contribution in [2.24, 2.45) is 11.7 Å². The predicted octanol–water partition coefficient (Wildman–Crippen LogP) is 1.30. The fourth-order valence-electron chi connectivity index (χ4n) is 2.50. The molecule has 1 heterocycles. The zero-order chi connectivity index (χ0) is 14.5. The van der Waals surface area contributed by atoms with Crippen LogP contribution < -0.4 is 15.8 Å². The first-order chi connectivity index (χ1) is 9.58. The van der Waals surface area contributed by atoms with Gasteiger partial charge in [-0.05, 0) is 24.5 Å². The third kappa shape index (κ3) is 3.95. The maximum Gasteiger partial charge on any atom is 0.238 e. The molecule has 2 unspecified atom stereocenters. The van der Waals surface area contributed by atoms with E-state index in [-0.39, 0.29) is 11.9 Å². The van der Waals surface area contributed by atoms with Crippen molar-refractivity contribution in [1.82, 2.24) is 4.90 Å². The number of methoxy groups -OCH3 is 1. The molecule has 1 amide bonds. The number of hydrogen-bond donors (Lipinski definition) is 2. The molecule has 2 rings (SSSR count). The van der Waals surface area contributed by atoms with Crippen molar-refractivity contribution >= 4 is 11.6 Å². The molecule has 20 heavy (non-hydrogen) atoms. The van der Waals surface area contributed by atoms with Gasteiger partial charge in [0.2, 0.25) is 5.91 Å². The van der Waals surface area contributed by atoms with Crippen molar-refractivity contribution in [3.63, 3.8) is 0 Å². The monoisotopic (exact) mass is 277 g/mol. The van der Waals surface area contributed by atoms with Crippen LogP contribution in [0.25, 0.3) is 0 Å². The second-order valence-corrected chi connectivity index (χ2v) is 5.45. The molecule has 3 N–H and O–H groups in total. The minimum Gasteiger partial charge on any atom is -0.497 e. The number of benzene rings is 1. The number of nitrogens with two attached hydrogens (primary N) is 1. The van der Waals surface area contributed by atoms with E-state index in [2.05, 4.69) is 17.1 Å². The number of nitrogens with zero attached hydrogens (tertiary/aromatic N) is 1. The van der Waals surface area contributed by atoms with Gasteiger partial charge in [-0.3, -0.25) is 9.69 Å². The lowest BCUT2D eigenvalue weighted by atomic mass is 9.95. The molecule has 0 aliphatic carbocycles. The van der Waals surface area contributed by atoms with Crippen LogP contribution in [0.15, 0.2) is 24.3 Å². The van der Waals surface area contributed by atoms with Gasteiger partial charge in [0.15, 0.2) is 0 Å². The highest BCUT2D eigenvalue weighted by atomic mass is 16.5. The Bertz CT molecular complexity index is 464. The molecular weight excluding hydrogens is 254 g/mol. The molecule has 2 atom stereocenters. The highest BCUT2D eigenvalue weighted by molar-refractivity contribution is 5.92. The Balaban J connectivity index is 1.86. The van der Waals surface area contributed by atoms with Gasteiger partial charge in [-0.25, -0.2) is 0 Å². The number of amides is 1. The van der Waals surface area contributed by atoms with Crippen LogP contribution in [-0.4, -0.2) is 43.6 Å². The number of carbonyl (C=O) groups excluding carboxylic acids is 1. The molecule has 1 aromatic carbocycles. The fraction of sp³-hybridized carbons (Fsp3) is 0.533. The molecule has 0 bridgehead atoms. The SMILES string of the molecule is COc1cccc(NC(=O)CN2CCC(N)C(C)C2)c1. The van der Waals surface area contributed by atoms with Gasteiger partial charge in [-0.15, -0.1) is 0 Å². The van der Waals surface area contributed by atoms with E-state index < -0.39 is 0 Å². The maximum atomic E-state index is 12.0. The van der Waals surface area contributed by atoms with Crippen LogP contribution in [-0.2, 0) is 4.79 Å². The van der Waals surface area contributed by atoms with Crippen molar-refractivity contribution in [3.05, 3.63) is 24.3 Å². The van der Waals surface area contributed by atoms with Crippen LogP contribution in [0.4, 0.5) is 5.69 Å². The minimum atomic E-state index is 0.000856. The second kappa shape index (κ2) is 6.72. The Morgan fingerprint density at radius 3 is 3.05 bits per heavy atom. The topological polar surface area (TPSA) is 67.6 Å². The molecule has 0 aromatic heterocycles. The Hall–Kier alpha value is -1.59. The van der Waals surface area contributed by atoms with Crippen LogP contribution in [0.2, 0.25) is 0 Å². The molecule has 5 nitrogen and oxygen atoms in total. The Labute approximate surface area is 120 Å². The van der Waals surface area contributed by atoms with E-state index in [1.807, 2.05) is 24.3 Å². The first-order valence-corrected chi connectivity index (χ1v) is 7.00. The van der Waals surface area contributed by atoms with E-state index in [4.69, 9.17) is 10.5 Å². The standard InChI is InChI=1S/C15H23N3O2/c1-11-9-18(7-6-14(11)16)10-15(19)17-12-4-3-5-13(8-12)20-2/h3-5,8,11,14H,6-7,9-10,16H2,1-2H3,(H,17,19). The molecule has 0 spiro atoms. The summed E-state index contributed by atoms with van der Waals surface area (Å²) >= 11 is 0. The number of anilines is 1. The molecule has 1 saturated heterocycles. The number of likely N-dealkylation sites (tertiary alicyclic amines) is 1. The van der Waals surface area contributed by atoms with Crippen LogP contribution in [0, 0.1) is 5.92 Å². The van der Waals surface area contributed by atoms with Crippen molar-refractivity contribution in [1.29, 1.82) is 0 Å². The van der Waals surface area contributed by atoms with E-state index in [0.717, 1.165) is 30.9 Å². The smallest absolute Gasteiger partial charge is 0.238 e. The van der Waals surface area contributed by atoms with Crippen molar-refractivity contribution in [2.45, 2.75) is 19.4 Å². The molecular formula is C15H23N3O2. The van der Waals surface area contributed by atoms with E-state index in [0.29, 0.717) is 12.5 Å². The fourth-order valence-corrected chi connectivity index (χ4v) is 2.50. The lowest BCUT2D eigenvalue weighted by molar-refractivity contribution is -0.117. The number of hydrogen-bond acceptors (Lipinski definition) is 4. The quantitative estimate of drug-likeness (QED) is 0.870. The summed E-state index contributed by atoms with van der Waals surface area (Å²) in [7, 11) is 1.61. The lowest BCUT2D eigenvalue weighted by Gasteiger charge is -2.34. The number of piperidine rings is 1. The van der Waals surface area contributed by atoms with Gasteiger partial charge in [-0.1, -0.05) is 13.0 Å². The summed E-state index contributed by atoms with van der Waals surface area (Å²) in [5.41, 5.74) is 6.75. The number of carbonyl (C=O) groups is 1. The molecule has 110 valence electrons. The summed E-state index contributed by atoms with van der Waals surface area (Å²) in [6, 6.07) is 7.63. The normalized spacial score (nSPS) is 23.4. The van der Waals surface area contributed by atoms with Gasteiger partial charge in [0.1, 0.15) is 5.75 Å². The van der Waals surface area contributed by atoms with Crippen molar-refractivity contribution < 1.29 is 9.53 Å². The average molecular weight is 277 g/mol. The molecule has 1 aromatic rings. The second-order valence-electron chi connectivity index (χ2n) is 5.45. The molecule has 5 heteroatoms. The van der Waals surface area contributed by atoms with E-state index in [1.165, 1.54) is 0 Å². The maximum absolute atomic E-state index is 12.0. The van der Waals surface area contributed by atoms with Gasteiger partial charge in [0.05, 0.1) is 13.7 Å². The van der Waals surface area contributed by atoms with E-state index in [9.17, 15) is 4.79 Å². The van der Waals surface area contributed by atoms with Gasteiger partial charge >= 0.3 is 0 Å². The summed E-state index contributed by atoms with van der Waals surface area (Å²) in [4.78, 5) is 14.2. The van der Waals surface area contributed by atoms with Crippen LogP contribution in [0.5, 0.6) is 5.75 Å². The Kier molecular flexibility index (Phi) is 4.98. The van der Waals surface area contributed by atoms with Crippen molar-refractivity contribution in [2.75, 3.05) is 32.1 Å². The number of ether oxygens (including phenoxy) is 1. The summed E-state index contributed by atoms with van der Waals surface area (Å²) in [5.74, 6) is 1.18. The molecule has 0 radical (unpaired) electrons. The highest BCUT2D eigenvalue weighted by Gasteiger charge is 2.24. The highest BCUT2D eigenvalue weighted by Crippen LogP contribution is 2.17. The molecule has 1 fully saturated rings. The summed E-state index contributed by atoms with van der Waals surface area (Å²) in [5, 5.41) is 2.90. The molecule has 1 aliphatic heterocycles. The summed E-state index contributed by atoms with van der Waals surface area (Å²) in [6.45, 7) is 4.31. The Morgan fingerprint density at radius 2 is 2.35 bits per heavy atom. The minimum absolute atomic E-state index is 0.000856. The average Bonchev–Trinajstić information content (AvgIpc) is 2.43. The predicted molar refractivity (Wildman–Crippen MR) is 79.8 cm³/mol. The van der Waals surface area contributed by atoms with E-state index >= 15 is 0 Å². The Morgan fingerprint density at radius 1 is 1.55 bits per heavy atom. The number of rotatable bonds is 4. The van der Waals surface area contributed by atoms with Crippen LogP contribution in [0.1, 0.15) is 13.3 Å². The lowest BCUT2D eigenvalue weighted by Crippen LogP contribution is -2.48. The number of nitrogens with one attached hydrogen (secondary N) is 1. The van der Waals surface area contributed by atoms with Crippen LogP contribution >= 0.6 is 0 Å².